The summed E-state index contributed by atoms with van der Waals surface area (Å²) >= 11 is 1.64. The van der Waals surface area contributed by atoms with Gasteiger partial charge in [0, 0.05) is 18.5 Å². The molecule has 1 fully saturated rings. The highest BCUT2D eigenvalue weighted by Crippen LogP contribution is 2.28. The van der Waals surface area contributed by atoms with Crippen LogP contribution in [0.15, 0.2) is 35.7 Å². The number of nitrogens with one attached hydrogen (secondary N) is 1. The third-order valence-corrected chi connectivity index (χ3v) is 4.80. The highest BCUT2D eigenvalue weighted by molar-refractivity contribution is 7.16. The van der Waals surface area contributed by atoms with Gasteiger partial charge in [-0.1, -0.05) is 6.92 Å². The lowest BCUT2D eigenvalue weighted by Crippen LogP contribution is -2.15. The lowest BCUT2D eigenvalue weighted by molar-refractivity contribution is 0.141. The van der Waals surface area contributed by atoms with Crippen LogP contribution in [0.5, 0.6) is 5.75 Å². The molecular formula is C18H19N3O2S. The monoisotopic (exact) mass is 341 g/mol. The van der Waals surface area contributed by atoms with Gasteiger partial charge in [-0.3, -0.25) is 0 Å². The Hall–Kier alpha value is -2.18. The van der Waals surface area contributed by atoms with Crippen molar-refractivity contribution < 1.29 is 9.47 Å². The van der Waals surface area contributed by atoms with Crippen LogP contribution in [0.3, 0.4) is 0 Å². The van der Waals surface area contributed by atoms with Gasteiger partial charge in [-0.2, -0.15) is 0 Å². The first-order chi connectivity index (χ1) is 11.8. The molecule has 124 valence electrons. The molecule has 1 atom stereocenters. The molecule has 24 heavy (non-hydrogen) atoms. The van der Waals surface area contributed by atoms with Gasteiger partial charge in [0.05, 0.1) is 18.6 Å². The van der Waals surface area contributed by atoms with Crippen molar-refractivity contribution >= 4 is 33.1 Å². The van der Waals surface area contributed by atoms with E-state index in [2.05, 4.69) is 28.3 Å². The average Bonchev–Trinajstić information content (AvgIpc) is 3.28. The summed E-state index contributed by atoms with van der Waals surface area (Å²) in [5.74, 6) is 2.58. The number of aromatic nitrogens is 2. The van der Waals surface area contributed by atoms with Gasteiger partial charge in [0.15, 0.2) is 0 Å². The molecule has 0 aliphatic carbocycles. The largest absolute Gasteiger partial charge is 0.488 e. The first-order valence-electron chi connectivity index (χ1n) is 8.17. The molecule has 1 aliphatic rings. The van der Waals surface area contributed by atoms with E-state index < -0.39 is 0 Å². The minimum Gasteiger partial charge on any atom is -0.488 e. The van der Waals surface area contributed by atoms with Gasteiger partial charge in [-0.25, -0.2) is 9.97 Å². The fourth-order valence-corrected chi connectivity index (χ4v) is 3.49. The minimum absolute atomic E-state index is 0.170. The lowest BCUT2D eigenvalue weighted by atomic mass is 10.2. The van der Waals surface area contributed by atoms with Gasteiger partial charge < -0.3 is 14.8 Å². The Morgan fingerprint density at radius 1 is 1.25 bits per heavy atom. The van der Waals surface area contributed by atoms with Crippen molar-refractivity contribution in [2.24, 2.45) is 0 Å². The summed E-state index contributed by atoms with van der Waals surface area (Å²) in [5.41, 5.74) is 0.985. The van der Waals surface area contributed by atoms with E-state index >= 15 is 0 Å². The second-order valence-corrected chi connectivity index (χ2v) is 6.63. The van der Waals surface area contributed by atoms with Gasteiger partial charge in [0.25, 0.3) is 0 Å². The van der Waals surface area contributed by atoms with Crippen molar-refractivity contribution in [1.82, 2.24) is 9.97 Å². The van der Waals surface area contributed by atoms with E-state index in [1.807, 2.05) is 29.6 Å². The number of rotatable bonds is 5. The average molecular weight is 341 g/mol. The van der Waals surface area contributed by atoms with Crippen LogP contribution in [0.2, 0.25) is 0 Å². The number of anilines is 2. The van der Waals surface area contributed by atoms with Crippen molar-refractivity contribution in [3.8, 4) is 5.75 Å². The summed E-state index contributed by atoms with van der Waals surface area (Å²) < 4.78 is 11.2. The van der Waals surface area contributed by atoms with E-state index in [9.17, 15) is 0 Å². The molecule has 3 aromatic rings. The number of hydrogen-bond acceptors (Lipinski definition) is 6. The fourth-order valence-electron chi connectivity index (χ4n) is 2.70. The van der Waals surface area contributed by atoms with Gasteiger partial charge in [-0.05, 0) is 35.7 Å². The van der Waals surface area contributed by atoms with Gasteiger partial charge >= 0.3 is 0 Å². The van der Waals surface area contributed by atoms with Crippen LogP contribution in [0, 0.1) is 0 Å². The summed E-state index contributed by atoms with van der Waals surface area (Å²) in [7, 11) is 0. The Morgan fingerprint density at radius 3 is 2.88 bits per heavy atom. The zero-order valence-corrected chi connectivity index (χ0v) is 14.3. The summed E-state index contributed by atoms with van der Waals surface area (Å²) in [4.78, 5) is 10.2. The molecular weight excluding hydrogens is 322 g/mol. The topological polar surface area (TPSA) is 56.3 Å². The molecule has 0 bridgehead atoms. The second kappa shape index (κ2) is 6.75. The highest BCUT2D eigenvalue weighted by atomic mass is 32.1. The Labute approximate surface area is 144 Å². The van der Waals surface area contributed by atoms with Crippen LogP contribution in [0.1, 0.15) is 19.2 Å². The van der Waals surface area contributed by atoms with Crippen LogP contribution in [0.4, 0.5) is 11.5 Å². The number of thiophene rings is 1. The number of ether oxygens (including phenoxy) is 2. The van der Waals surface area contributed by atoms with Crippen molar-refractivity contribution in [2.75, 3.05) is 18.5 Å². The molecule has 0 amide bonds. The van der Waals surface area contributed by atoms with E-state index in [4.69, 9.17) is 9.47 Å². The van der Waals surface area contributed by atoms with Gasteiger partial charge in [0.1, 0.15) is 28.3 Å². The van der Waals surface area contributed by atoms with Crippen molar-refractivity contribution in [3.63, 3.8) is 0 Å². The number of nitrogens with zero attached hydrogens (tertiary/aromatic N) is 2. The molecule has 1 saturated heterocycles. The lowest BCUT2D eigenvalue weighted by Gasteiger charge is -2.13. The van der Waals surface area contributed by atoms with E-state index in [0.717, 1.165) is 52.7 Å². The number of aryl methyl sites for hydroxylation is 1. The highest BCUT2D eigenvalue weighted by Gasteiger charge is 2.17. The Bertz CT molecular complexity index is 826. The normalized spacial score (nSPS) is 17.3. The first kappa shape index (κ1) is 15.4. The van der Waals surface area contributed by atoms with E-state index in [0.29, 0.717) is 6.61 Å². The van der Waals surface area contributed by atoms with Gasteiger partial charge in [-0.15, -0.1) is 11.3 Å². The van der Waals surface area contributed by atoms with E-state index in [1.54, 1.807) is 11.3 Å². The maximum Gasteiger partial charge on any atom is 0.142 e. The van der Waals surface area contributed by atoms with Crippen LogP contribution in [-0.2, 0) is 11.2 Å². The summed E-state index contributed by atoms with van der Waals surface area (Å²) in [6, 6.07) is 10.0. The Morgan fingerprint density at radius 2 is 2.12 bits per heavy atom. The maximum absolute atomic E-state index is 5.90. The Kier molecular flexibility index (Phi) is 4.32. The third kappa shape index (κ3) is 3.20. The number of fused-ring (bicyclic) bond motifs is 1. The number of benzene rings is 1. The van der Waals surface area contributed by atoms with E-state index in [-0.39, 0.29) is 6.10 Å². The summed E-state index contributed by atoms with van der Waals surface area (Å²) in [6.45, 7) is 3.53. The molecule has 0 saturated carbocycles. The first-order valence-corrected chi connectivity index (χ1v) is 9.05. The standard InChI is InChI=1S/C18H19N3O2S/c1-2-16-20-17(15-8-10-24-18(15)21-16)19-12-3-5-13(6-4-12)23-14-7-9-22-11-14/h3-6,8,10,14H,2,7,9,11H2,1H3,(H,19,20,21). The molecule has 5 nitrogen and oxygen atoms in total. The zero-order valence-electron chi connectivity index (χ0n) is 13.5. The third-order valence-electron chi connectivity index (χ3n) is 4.00. The quantitative estimate of drug-likeness (QED) is 0.755. The number of hydrogen-bond donors (Lipinski definition) is 1. The molecule has 0 spiro atoms. The molecule has 1 aromatic carbocycles. The molecule has 6 heteroatoms. The predicted molar refractivity (Wildman–Crippen MR) is 96.4 cm³/mol. The van der Waals surface area contributed by atoms with E-state index in [1.165, 1.54) is 0 Å². The SMILES string of the molecule is CCc1nc(Nc2ccc(OC3CCOC3)cc2)c2ccsc2n1. The molecule has 1 aliphatic heterocycles. The molecule has 3 heterocycles. The predicted octanol–water partition coefficient (Wildman–Crippen LogP) is 4.17. The van der Waals surface area contributed by atoms with Crippen LogP contribution in [-0.4, -0.2) is 29.3 Å². The summed E-state index contributed by atoms with van der Waals surface area (Å²) in [6.07, 6.45) is 1.94. The molecule has 1 N–H and O–H groups in total. The maximum atomic E-state index is 5.90. The van der Waals surface area contributed by atoms with Gasteiger partial charge in [0.2, 0.25) is 0 Å². The molecule has 4 rings (SSSR count). The fraction of sp³-hybridized carbons (Fsp3) is 0.333. The zero-order chi connectivity index (χ0) is 16.4. The van der Waals surface area contributed by atoms with Crippen molar-refractivity contribution in [2.45, 2.75) is 25.9 Å². The Balaban J connectivity index is 1.53. The minimum atomic E-state index is 0.170. The molecule has 0 radical (unpaired) electrons. The second-order valence-electron chi connectivity index (χ2n) is 5.73. The summed E-state index contributed by atoms with van der Waals surface area (Å²) in [5, 5.41) is 6.51. The van der Waals surface area contributed by atoms with Crippen LogP contribution >= 0.6 is 11.3 Å². The van der Waals surface area contributed by atoms with Crippen LogP contribution < -0.4 is 10.1 Å². The molecule has 1 unspecified atom stereocenters. The molecule has 2 aromatic heterocycles. The van der Waals surface area contributed by atoms with Crippen LogP contribution in [0.25, 0.3) is 10.2 Å². The van der Waals surface area contributed by atoms with Crippen molar-refractivity contribution in [3.05, 3.63) is 41.5 Å². The smallest absolute Gasteiger partial charge is 0.142 e. The van der Waals surface area contributed by atoms with Crippen molar-refractivity contribution in [1.29, 1.82) is 0 Å².